The maximum Gasteiger partial charge on any atom is 0.226 e. The van der Waals surface area contributed by atoms with E-state index in [-0.39, 0.29) is 5.75 Å². The second-order valence-corrected chi connectivity index (χ2v) is 9.85. The highest BCUT2D eigenvalue weighted by molar-refractivity contribution is 7.88. The maximum atomic E-state index is 12.7. The zero-order valence-electron chi connectivity index (χ0n) is 16.8. The van der Waals surface area contributed by atoms with Crippen LogP contribution in [0.2, 0.25) is 5.02 Å². The highest BCUT2D eigenvalue weighted by Crippen LogP contribution is 2.25. The molecule has 0 radical (unpaired) electrons. The second kappa shape index (κ2) is 8.89. The van der Waals surface area contributed by atoms with Gasteiger partial charge in [0, 0.05) is 43.3 Å². The van der Waals surface area contributed by atoms with Crippen molar-refractivity contribution in [2.45, 2.75) is 19.2 Å². The van der Waals surface area contributed by atoms with E-state index < -0.39 is 10.0 Å². The topological polar surface area (TPSA) is 66.7 Å². The van der Waals surface area contributed by atoms with E-state index >= 15 is 0 Å². The zero-order chi connectivity index (χ0) is 21.1. The standard InChI is InChI=1S/C22H24ClN3O3S/c1-17-21(24-22(29-17)19-8-5-9-20(23)14-19)15-25-10-12-26(13-11-25)30(27,28)16-18-6-3-2-4-7-18/h2-9,14H,10-13,15-16H2,1H3. The number of aryl methyl sites for hydroxylation is 1. The van der Waals surface area contributed by atoms with Gasteiger partial charge in [-0.25, -0.2) is 13.4 Å². The summed E-state index contributed by atoms with van der Waals surface area (Å²) in [6, 6.07) is 16.7. The molecule has 0 bridgehead atoms. The van der Waals surface area contributed by atoms with Gasteiger partial charge in [0.05, 0.1) is 11.4 Å². The van der Waals surface area contributed by atoms with Gasteiger partial charge in [-0.15, -0.1) is 0 Å². The van der Waals surface area contributed by atoms with Crippen molar-refractivity contribution in [3.63, 3.8) is 0 Å². The van der Waals surface area contributed by atoms with Crippen LogP contribution in [0.25, 0.3) is 11.5 Å². The summed E-state index contributed by atoms with van der Waals surface area (Å²) in [5.41, 5.74) is 2.52. The number of sulfonamides is 1. The Kier molecular flexibility index (Phi) is 6.24. The number of benzene rings is 2. The van der Waals surface area contributed by atoms with Gasteiger partial charge in [0.15, 0.2) is 0 Å². The van der Waals surface area contributed by atoms with E-state index in [0.717, 1.165) is 22.6 Å². The Morgan fingerprint density at radius 3 is 2.47 bits per heavy atom. The molecular weight excluding hydrogens is 422 g/mol. The first-order valence-corrected chi connectivity index (χ1v) is 11.9. The van der Waals surface area contributed by atoms with E-state index in [1.54, 1.807) is 4.31 Å². The van der Waals surface area contributed by atoms with Crippen molar-refractivity contribution >= 4 is 21.6 Å². The first-order chi connectivity index (χ1) is 14.4. The number of nitrogens with zero attached hydrogens (tertiary/aromatic N) is 3. The van der Waals surface area contributed by atoms with Crippen LogP contribution in [-0.2, 0) is 22.3 Å². The predicted molar refractivity (Wildman–Crippen MR) is 118 cm³/mol. The Balaban J connectivity index is 1.37. The molecule has 2 heterocycles. The molecule has 1 saturated heterocycles. The third kappa shape index (κ3) is 4.92. The van der Waals surface area contributed by atoms with Crippen LogP contribution in [0.15, 0.2) is 59.0 Å². The Morgan fingerprint density at radius 2 is 1.77 bits per heavy atom. The fourth-order valence-electron chi connectivity index (χ4n) is 3.57. The monoisotopic (exact) mass is 445 g/mol. The molecule has 0 N–H and O–H groups in total. The molecule has 8 heteroatoms. The molecule has 2 aromatic carbocycles. The van der Waals surface area contributed by atoms with Crippen molar-refractivity contribution in [2.24, 2.45) is 0 Å². The lowest BCUT2D eigenvalue weighted by molar-refractivity contribution is 0.179. The van der Waals surface area contributed by atoms with Crippen molar-refractivity contribution in [1.82, 2.24) is 14.2 Å². The molecule has 0 amide bonds. The van der Waals surface area contributed by atoms with Gasteiger partial charge in [0.25, 0.3) is 0 Å². The van der Waals surface area contributed by atoms with Gasteiger partial charge in [-0.05, 0) is 30.7 Å². The Morgan fingerprint density at radius 1 is 1.03 bits per heavy atom. The third-order valence-electron chi connectivity index (χ3n) is 5.25. The quantitative estimate of drug-likeness (QED) is 0.574. The Hall–Kier alpha value is -2.19. The number of aromatic nitrogens is 1. The fourth-order valence-corrected chi connectivity index (χ4v) is 5.28. The summed E-state index contributed by atoms with van der Waals surface area (Å²) in [6.07, 6.45) is 0. The van der Waals surface area contributed by atoms with E-state index in [0.29, 0.717) is 43.6 Å². The van der Waals surface area contributed by atoms with Crippen LogP contribution in [0.4, 0.5) is 0 Å². The molecule has 158 valence electrons. The first kappa shape index (κ1) is 21.1. The molecule has 1 aliphatic heterocycles. The molecule has 0 atom stereocenters. The van der Waals surface area contributed by atoms with Crippen molar-refractivity contribution in [3.8, 4) is 11.5 Å². The zero-order valence-corrected chi connectivity index (χ0v) is 18.4. The normalized spacial score (nSPS) is 16.1. The van der Waals surface area contributed by atoms with E-state index in [1.165, 1.54) is 0 Å². The summed E-state index contributed by atoms with van der Waals surface area (Å²) >= 11 is 6.07. The lowest BCUT2D eigenvalue weighted by atomic mass is 10.2. The maximum absolute atomic E-state index is 12.7. The van der Waals surface area contributed by atoms with Gasteiger partial charge >= 0.3 is 0 Å². The lowest BCUT2D eigenvalue weighted by Crippen LogP contribution is -2.48. The highest BCUT2D eigenvalue weighted by Gasteiger charge is 2.28. The van der Waals surface area contributed by atoms with Crippen LogP contribution >= 0.6 is 11.6 Å². The highest BCUT2D eigenvalue weighted by atomic mass is 35.5. The van der Waals surface area contributed by atoms with Crippen LogP contribution in [0.5, 0.6) is 0 Å². The smallest absolute Gasteiger partial charge is 0.226 e. The molecule has 1 fully saturated rings. The van der Waals surface area contributed by atoms with Crippen molar-refractivity contribution in [1.29, 1.82) is 0 Å². The summed E-state index contributed by atoms with van der Waals surface area (Å²) in [4.78, 5) is 6.85. The van der Waals surface area contributed by atoms with Gasteiger partial charge in [-0.2, -0.15) is 4.31 Å². The van der Waals surface area contributed by atoms with Crippen molar-refractivity contribution < 1.29 is 12.8 Å². The summed E-state index contributed by atoms with van der Waals surface area (Å²) in [6.45, 7) is 4.81. The summed E-state index contributed by atoms with van der Waals surface area (Å²) in [7, 11) is -3.32. The molecule has 4 rings (SSSR count). The van der Waals surface area contributed by atoms with Gasteiger partial charge < -0.3 is 4.42 Å². The average molecular weight is 446 g/mol. The van der Waals surface area contributed by atoms with E-state index in [9.17, 15) is 8.42 Å². The number of oxazole rings is 1. The van der Waals surface area contributed by atoms with Crippen LogP contribution in [0.1, 0.15) is 17.0 Å². The molecule has 0 saturated carbocycles. The van der Waals surface area contributed by atoms with E-state index in [2.05, 4.69) is 9.88 Å². The molecule has 6 nitrogen and oxygen atoms in total. The summed E-state index contributed by atoms with van der Waals surface area (Å²) in [5, 5.41) is 0.637. The fraction of sp³-hybridized carbons (Fsp3) is 0.318. The molecule has 0 spiro atoms. The largest absolute Gasteiger partial charge is 0.441 e. The van der Waals surface area contributed by atoms with E-state index in [1.807, 2.05) is 61.5 Å². The lowest BCUT2D eigenvalue weighted by Gasteiger charge is -2.33. The predicted octanol–water partition coefficient (Wildman–Crippen LogP) is 3.95. The first-order valence-electron chi connectivity index (χ1n) is 9.87. The van der Waals surface area contributed by atoms with Crippen LogP contribution < -0.4 is 0 Å². The summed E-state index contributed by atoms with van der Waals surface area (Å²) < 4.78 is 32.9. The van der Waals surface area contributed by atoms with Gasteiger partial charge in [0.2, 0.25) is 15.9 Å². The van der Waals surface area contributed by atoms with Gasteiger partial charge in [0.1, 0.15) is 5.76 Å². The van der Waals surface area contributed by atoms with Crippen LogP contribution in [0.3, 0.4) is 0 Å². The summed E-state index contributed by atoms with van der Waals surface area (Å²) in [5.74, 6) is 1.36. The van der Waals surface area contributed by atoms with Gasteiger partial charge in [-0.3, -0.25) is 4.90 Å². The minimum Gasteiger partial charge on any atom is -0.441 e. The molecule has 1 aromatic heterocycles. The Bertz CT molecular complexity index is 1110. The van der Waals surface area contributed by atoms with Crippen molar-refractivity contribution in [3.05, 3.63) is 76.6 Å². The molecule has 3 aromatic rings. The SMILES string of the molecule is Cc1oc(-c2cccc(Cl)c2)nc1CN1CCN(S(=O)(=O)Cc2ccccc2)CC1. The number of hydrogen-bond acceptors (Lipinski definition) is 5. The number of hydrogen-bond donors (Lipinski definition) is 0. The minimum absolute atomic E-state index is 0.0409. The molecule has 30 heavy (non-hydrogen) atoms. The average Bonchev–Trinajstić information content (AvgIpc) is 3.09. The molecule has 0 unspecified atom stereocenters. The third-order valence-corrected chi connectivity index (χ3v) is 7.34. The number of halogens is 1. The number of piperazine rings is 1. The van der Waals surface area contributed by atoms with E-state index in [4.69, 9.17) is 16.0 Å². The molecule has 0 aliphatic carbocycles. The Labute approximate surface area is 182 Å². The second-order valence-electron chi connectivity index (χ2n) is 7.45. The van der Waals surface area contributed by atoms with Crippen LogP contribution in [0, 0.1) is 6.92 Å². The van der Waals surface area contributed by atoms with Gasteiger partial charge in [-0.1, -0.05) is 48.0 Å². The van der Waals surface area contributed by atoms with Crippen molar-refractivity contribution in [2.75, 3.05) is 26.2 Å². The molecule has 1 aliphatic rings. The minimum atomic E-state index is -3.32. The number of rotatable bonds is 6. The molecular formula is C22H24ClN3O3S. The van der Waals surface area contributed by atoms with Crippen LogP contribution in [-0.4, -0.2) is 48.8 Å².